The first-order chi connectivity index (χ1) is 8.55. The molecule has 1 heterocycles. The standard InChI is InChI=1S/C15H23NO2/c1-13-4-6-14(7-5-13)18-11-10-16-9-3-8-15(2,17)12-16/h4-7,17H,3,8-12H2,1-2H3. The highest BCUT2D eigenvalue weighted by atomic mass is 16.5. The highest BCUT2D eigenvalue weighted by molar-refractivity contribution is 5.26. The van der Waals surface area contributed by atoms with Gasteiger partial charge in [-0.1, -0.05) is 17.7 Å². The predicted molar refractivity (Wildman–Crippen MR) is 73.0 cm³/mol. The van der Waals surface area contributed by atoms with Crippen molar-refractivity contribution < 1.29 is 9.84 Å². The van der Waals surface area contributed by atoms with Gasteiger partial charge in [0.15, 0.2) is 0 Å². The van der Waals surface area contributed by atoms with Crippen LogP contribution in [0.25, 0.3) is 0 Å². The molecule has 1 aliphatic heterocycles. The number of aryl methyl sites for hydroxylation is 1. The Morgan fingerprint density at radius 1 is 1.33 bits per heavy atom. The van der Waals surface area contributed by atoms with E-state index in [1.165, 1.54) is 5.56 Å². The SMILES string of the molecule is Cc1ccc(OCCN2CCCC(C)(O)C2)cc1. The number of likely N-dealkylation sites (tertiary alicyclic amines) is 1. The largest absolute Gasteiger partial charge is 0.492 e. The van der Waals surface area contributed by atoms with Crippen LogP contribution in [0.2, 0.25) is 0 Å². The Kier molecular flexibility index (Phi) is 4.25. The lowest BCUT2D eigenvalue weighted by molar-refractivity contribution is -0.0183. The molecule has 1 N–H and O–H groups in total. The maximum atomic E-state index is 10.0. The first-order valence-electron chi connectivity index (χ1n) is 6.69. The number of aliphatic hydroxyl groups is 1. The minimum atomic E-state index is -0.526. The fourth-order valence-corrected chi connectivity index (χ4v) is 2.44. The summed E-state index contributed by atoms with van der Waals surface area (Å²) < 4.78 is 5.71. The Morgan fingerprint density at radius 2 is 2.06 bits per heavy atom. The maximum absolute atomic E-state index is 10.0. The summed E-state index contributed by atoms with van der Waals surface area (Å²) in [6.45, 7) is 7.36. The molecule has 0 aromatic heterocycles. The topological polar surface area (TPSA) is 32.7 Å². The van der Waals surface area contributed by atoms with E-state index in [-0.39, 0.29) is 0 Å². The molecule has 0 radical (unpaired) electrons. The van der Waals surface area contributed by atoms with Crippen molar-refractivity contribution in [3.05, 3.63) is 29.8 Å². The third kappa shape index (κ3) is 4.00. The lowest BCUT2D eigenvalue weighted by Crippen LogP contribution is -2.47. The number of rotatable bonds is 4. The van der Waals surface area contributed by atoms with E-state index in [0.717, 1.165) is 38.2 Å². The number of hydrogen-bond donors (Lipinski definition) is 1. The van der Waals surface area contributed by atoms with Gasteiger partial charge in [0.2, 0.25) is 0 Å². The zero-order valence-corrected chi connectivity index (χ0v) is 11.4. The monoisotopic (exact) mass is 249 g/mol. The van der Waals surface area contributed by atoms with Gasteiger partial charge in [-0.15, -0.1) is 0 Å². The fraction of sp³-hybridized carbons (Fsp3) is 0.600. The number of nitrogens with zero attached hydrogens (tertiary/aromatic N) is 1. The lowest BCUT2D eigenvalue weighted by atomic mass is 9.95. The van der Waals surface area contributed by atoms with Crippen molar-refractivity contribution in [2.45, 2.75) is 32.3 Å². The van der Waals surface area contributed by atoms with Crippen LogP contribution in [0.5, 0.6) is 5.75 Å². The van der Waals surface area contributed by atoms with Gasteiger partial charge in [-0.25, -0.2) is 0 Å². The van der Waals surface area contributed by atoms with Crippen molar-refractivity contribution in [1.82, 2.24) is 4.90 Å². The van der Waals surface area contributed by atoms with Crippen LogP contribution >= 0.6 is 0 Å². The summed E-state index contributed by atoms with van der Waals surface area (Å²) in [5.41, 5.74) is 0.719. The number of β-amino-alcohol motifs (C(OH)–C–C–N with tert-alkyl or cyclic N) is 1. The summed E-state index contributed by atoms with van der Waals surface area (Å²) in [4.78, 5) is 2.28. The molecule has 1 saturated heterocycles. The van der Waals surface area contributed by atoms with E-state index >= 15 is 0 Å². The molecule has 0 bridgehead atoms. The second-order valence-electron chi connectivity index (χ2n) is 5.54. The third-order valence-electron chi connectivity index (χ3n) is 3.45. The molecule has 1 fully saturated rings. The normalized spacial score (nSPS) is 25.1. The summed E-state index contributed by atoms with van der Waals surface area (Å²) >= 11 is 0. The molecule has 18 heavy (non-hydrogen) atoms. The molecule has 1 atom stereocenters. The van der Waals surface area contributed by atoms with E-state index in [1.807, 2.05) is 19.1 Å². The third-order valence-corrected chi connectivity index (χ3v) is 3.45. The van der Waals surface area contributed by atoms with Crippen molar-refractivity contribution in [3.63, 3.8) is 0 Å². The van der Waals surface area contributed by atoms with Gasteiger partial charge in [0, 0.05) is 13.1 Å². The van der Waals surface area contributed by atoms with Crippen LogP contribution < -0.4 is 4.74 Å². The van der Waals surface area contributed by atoms with Crippen molar-refractivity contribution in [3.8, 4) is 5.75 Å². The molecule has 3 heteroatoms. The number of ether oxygens (including phenoxy) is 1. The Labute approximate surface area is 109 Å². The summed E-state index contributed by atoms with van der Waals surface area (Å²) in [5, 5.41) is 10.0. The molecule has 3 nitrogen and oxygen atoms in total. The Hall–Kier alpha value is -1.06. The van der Waals surface area contributed by atoms with Crippen LogP contribution in [0.15, 0.2) is 24.3 Å². The van der Waals surface area contributed by atoms with Gasteiger partial charge in [-0.2, -0.15) is 0 Å². The molecule has 100 valence electrons. The van der Waals surface area contributed by atoms with Gasteiger partial charge in [0.05, 0.1) is 5.60 Å². The van der Waals surface area contributed by atoms with Crippen LogP contribution in [-0.2, 0) is 0 Å². The maximum Gasteiger partial charge on any atom is 0.119 e. The van der Waals surface area contributed by atoms with Crippen molar-refractivity contribution in [2.24, 2.45) is 0 Å². The summed E-state index contributed by atoms with van der Waals surface area (Å²) in [6.07, 6.45) is 1.97. The first kappa shape index (κ1) is 13.4. The predicted octanol–water partition coefficient (Wildman–Crippen LogP) is 2.22. The molecule has 1 aromatic carbocycles. The fourth-order valence-electron chi connectivity index (χ4n) is 2.44. The molecule has 2 rings (SSSR count). The Balaban J connectivity index is 1.73. The van der Waals surface area contributed by atoms with Gasteiger partial charge < -0.3 is 9.84 Å². The van der Waals surface area contributed by atoms with Gasteiger partial charge in [-0.05, 0) is 45.4 Å². The average molecular weight is 249 g/mol. The zero-order valence-electron chi connectivity index (χ0n) is 11.4. The summed E-state index contributed by atoms with van der Waals surface area (Å²) in [5.74, 6) is 0.921. The van der Waals surface area contributed by atoms with Crippen LogP contribution in [0.4, 0.5) is 0 Å². The quantitative estimate of drug-likeness (QED) is 0.888. The summed E-state index contributed by atoms with van der Waals surface area (Å²) in [6, 6.07) is 8.12. The number of hydrogen-bond acceptors (Lipinski definition) is 3. The molecule has 0 aliphatic carbocycles. The molecule has 0 spiro atoms. The van der Waals surface area contributed by atoms with Crippen molar-refractivity contribution in [2.75, 3.05) is 26.2 Å². The van der Waals surface area contributed by atoms with Crippen LogP contribution in [0, 0.1) is 6.92 Å². The van der Waals surface area contributed by atoms with Crippen molar-refractivity contribution >= 4 is 0 Å². The minimum Gasteiger partial charge on any atom is -0.492 e. The molecule has 0 amide bonds. The molecule has 1 aromatic rings. The van der Waals surface area contributed by atoms with Crippen LogP contribution in [-0.4, -0.2) is 41.8 Å². The van der Waals surface area contributed by atoms with E-state index < -0.39 is 5.60 Å². The molecule has 0 saturated carbocycles. The molecule has 1 aliphatic rings. The minimum absolute atomic E-state index is 0.526. The average Bonchev–Trinajstić information content (AvgIpc) is 2.30. The second kappa shape index (κ2) is 5.72. The van der Waals surface area contributed by atoms with Gasteiger partial charge in [-0.3, -0.25) is 4.90 Å². The second-order valence-corrected chi connectivity index (χ2v) is 5.54. The highest BCUT2D eigenvalue weighted by Gasteiger charge is 2.27. The van der Waals surface area contributed by atoms with Gasteiger partial charge in [0.1, 0.15) is 12.4 Å². The Bertz CT molecular complexity index is 373. The van der Waals surface area contributed by atoms with E-state index in [1.54, 1.807) is 0 Å². The molecular formula is C15H23NO2. The van der Waals surface area contributed by atoms with Crippen LogP contribution in [0.3, 0.4) is 0 Å². The number of benzene rings is 1. The molecule has 1 unspecified atom stereocenters. The Morgan fingerprint density at radius 3 is 2.72 bits per heavy atom. The van der Waals surface area contributed by atoms with E-state index in [4.69, 9.17) is 4.74 Å². The zero-order chi connectivity index (χ0) is 13.0. The van der Waals surface area contributed by atoms with Gasteiger partial charge in [0.25, 0.3) is 0 Å². The van der Waals surface area contributed by atoms with Gasteiger partial charge >= 0.3 is 0 Å². The van der Waals surface area contributed by atoms with E-state index in [9.17, 15) is 5.11 Å². The van der Waals surface area contributed by atoms with Crippen LogP contribution in [0.1, 0.15) is 25.3 Å². The number of piperidine rings is 1. The lowest BCUT2D eigenvalue weighted by Gasteiger charge is -2.36. The summed E-state index contributed by atoms with van der Waals surface area (Å²) in [7, 11) is 0. The van der Waals surface area contributed by atoms with E-state index in [2.05, 4.69) is 24.0 Å². The smallest absolute Gasteiger partial charge is 0.119 e. The van der Waals surface area contributed by atoms with E-state index in [0.29, 0.717) is 6.61 Å². The van der Waals surface area contributed by atoms with Crippen molar-refractivity contribution in [1.29, 1.82) is 0 Å². The first-order valence-corrected chi connectivity index (χ1v) is 6.69. The molecular weight excluding hydrogens is 226 g/mol. The highest BCUT2D eigenvalue weighted by Crippen LogP contribution is 2.20.